The predicted molar refractivity (Wildman–Crippen MR) is 88.5 cm³/mol. The van der Waals surface area contributed by atoms with E-state index in [1.165, 1.54) is 11.1 Å². The van der Waals surface area contributed by atoms with Gasteiger partial charge >= 0.3 is 0 Å². The summed E-state index contributed by atoms with van der Waals surface area (Å²) in [5, 5.41) is 13.6. The number of nitrogens with zero attached hydrogens (tertiary/aromatic N) is 1. The van der Waals surface area contributed by atoms with Crippen LogP contribution in [0, 0.1) is 6.92 Å². The smallest absolute Gasteiger partial charge is 0.0632 e. The maximum atomic E-state index is 10.2. The Kier molecular flexibility index (Phi) is 5.80. The van der Waals surface area contributed by atoms with Crippen LogP contribution in [0.4, 0.5) is 0 Å². The molecule has 0 bridgehead atoms. The highest BCUT2D eigenvalue weighted by Gasteiger charge is 2.25. The summed E-state index contributed by atoms with van der Waals surface area (Å²) >= 11 is 0. The standard InChI is InChI=1S/C18H30N2O/c1-15-6-4-7-16(14-15)17(19-3)8-12-20-11-5-9-18(2,21)10-13-20/h4,6-7,14,17,19,21H,5,8-13H2,1-3H3. The predicted octanol–water partition coefficient (Wildman–Crippen LogP) is 2.88. The third kappa shape index (κ3) is 5.10. The summed E-state index contributed by atoms with van der Waals surface area (Å²) in [4.78, 5) is 2.50. The number of rotatable bonds is 5. The van der Waals surface area contributed by atoms with Gasteiger partial charge in [0.2, 0.25) is 0 Å². The minimum Gasteiger partial charge on any atom is -0.390 e. The molecule has 2 atom stereocenters. The van der Waals surface area contributed by atoms with Crippen LogP contribution in [0.3, 0.4) is 0 Å². The van der Waals surface area contributed by atoms with E-state index in [0.29, 0.717) is 6.04 Å². The summed E-state index contributed by atoms with van der Waals surface area (Å²) in [6.45, 7) is 7.33. The van der Waals surface area contributed by atoms with E-state index in [2.05, 4.69) is 41.4 Å². The third-order valence-corrected chi connectivity index (χ3v) is 4.68. The third-order valence-electron chi connectivity index (χ3n) is 4.68. The highest BCUT2D eigenvalue weighted by Crippen LogP contribution is 2.23. The van der Waals surface area contributed by atoms with E-state index in [1.807, 2.05) is 14.0 Å². The maximum absolute atomic E-state index is 10.2. The zero-order valence-corrected chi connectivity index (χ0v) is 13.7. The molecule has 2 rings (SSSR count). The van der Waals surface area contributed by atoms with Crippen LogP contribution in [0.1, 0.15) is 49.8 Å². The maximum Gasteiger partial charge on any atom is 0.0632 e. The van der Waals surface area contributed by atoms with E-state index in [-0.39, 0.29) is 0 Å². The van der Waals surface area contributed by atoms with Gasteiger partial charge in [-0.3, -0.25) is 0 Å². The second-order valence-corrected chi connectivity index (χ2v) is 6.74. The average Bonchev–Trinajstić information content (AvgIpc) is 2.61. The van der Waals surface area contributed by atoms with Gasteiger partial charge in [-0.1, -0.05) is 29.8 Å². The van der Waals surface area contributed by atoms with Gasteiger partial charge in [-0.05, 0) is 65.2 Å². The molecule has 0 aliphatic carbocycles. The van der Waals surface area contributed by atoms with Gasteiger partial charge in [0.1, 0.15) is 0 Å². The first kappa shape index (κ1) is 16.5. The van der Waals surface area contributed by atoms with Crippen molar-refractivity contribution in [2.24, 2.45) is 0 Å². The van der Waals surface area contributed by atoms with E-state index in [9.17, 15) is 5.11 Å². The molecular weight excluding hydrogens is 260 g/mol. The fourth-order valence-electron chi connectivity index (χ4n) is 3.22. The van der Waals surface area contributed by atoms with Crippen LogP contribution in [0.2, 0.25) is 0 Å². The average molecular weight is 290 g/mol. The molecule has 3 nitrogen and oxygen atoms in total. The van der Waals surface area contributed by atoms with Gasteiger partial charge < -0.3 is 15.3 Å². The van der Waals surface area contributed by atoms with Crippen molar-refractivity contribution >= 4 is 0 Å². The van der Waals surface area contributed by atoms with Crippen LogP contribution in [0.5, 0.6) is 0 Å². The van der Waals surface area contributed by atoms with E-state index in [0.717, 1.165) is 45.3 Å². The zero-order valence-electron chi connectivity index (χ0n) is 13.7. The van der Waals surface area contributed by atoms with Gasteiger partial charge in [-0.2, -0.15) is 0 Å². The van der Waals surface area contributed by atoms with Crippen molar-refractivity contribution in [3.05, 3.63) is 35.4 Å². The lowest BCUT2D eigenvalue weighted by Gasteiger charge is -2.25. The van der Waals surface area contributed by atoms with Crippen molar-refractivity contribution in [3.63, 3.8) is 0 Å². The monoisotopic (exact) mass is 290 g/mol. The molecule has 1 fully saturated rings. The summed E-state index contributed by atoms with van der Waals surface area (Å²) in [6.07, 6.45) is 4.03. The number of hydrogen-bond donors (Lipinski definition) is 2. The van der Waals surface area contributed by atoms with Gasteiger partial charge in [-0.25, -0.2) is 0 Å². The molecule has 1 aliphatic rings. The van der Waals surface area contributed by atoms with Gasteiger partial charge in [0.25, 0.3) is 0 Å². The topological polar surface area (TPSA) is 35.5 Å². The summed E-state index contributed by atoms with van der Waals surface area (Å²) in [7, 11) is 2.04. The molecule has 1 aromatic carbocycles. The lowest BCUT2D eigenvalue weighted by atomic mass is 9.98. The molecule has 0 amide bonds. The first-order valence-electron chi connectivity index (χ1n) is 8.19. The Morgan fingerprint density at radius 1 is 1.33 bits per heavy atom. The van der Waals surface area contributed by atoms with E-state index in [1.54, 1.807) is 0 Å². The largest absolute Gasteiger partial charge is 0.390 e. The van der Waals surface area contributed by atoms with Gasteiger partial charge in [0, 0.05) is 12.6 Å². The van der Waals surface area contributed by atoms with Crippen LogP contribution < -0.4 is 5.32 Å². The Hall–Kier alpha value is -0.900. The Balaban J connectivity index is 1.88. The number of hydrogen-bond acceptors (Lipinski definition) is 3. The van der Waals surface area contributed by atoms with Crippen LogP contribution in [-0.2, 0) is 0 Å². The Labute approximate surface area is 129 Å². The van der Waals surface area contributed by atoms with Crippen LogP contribution in [0.15, 0.2) is 24.3 Å². The number of nitrogens with one attached hydrogen (secondary N) is 1. The second-order valence-electron chi connectivity index (χ2n) is 6.74. The number of aryl methyl sites for hydroxylation is 1. The van der Waals surface area contributed by atoms with E-state index in [4.69, 9.17) is 0 Å². The fourth-order valence-corrected chi connectivity index (χ4v) is 3.22. The normalized spacial score (nSPS) is 25.5. The molecule has 1 heterocycles. The highest BCUT2D eigenvalue weighted by atomic mass is 16.3. The lowest BCUT2D eigenvalue weighted by molar-refractivity contribution is 0.0445. The van der Waals surface area contributed by atoms with E-state index >= 15 is 0 Å². The molecule has 1 saturated heterocycles. The van der Waals surface area contributed by atoms with Gasteiger partial charge in [0.15, 0.2) is 0 Å². The lowest BCUT2D eigenvalue weighted by Crippen LogP contribution is -2.31. The van der Waals surface area contributed by atoms with Crippen LogP contribution in [-0.4, -0.2) is 42.3 Å². The summed E-state index contributed by atoms with van der Waals surface area (Å²) in [5.74, 6) is 0. The first-order valence-corrected chi connectivity index (χ1v) is 8.19. The summed E-state index contributed by atoms with van der Waals surface area (Å²) in [6, 6.07) is 9.18. The summed E-state index contributed by atoms with van der Waals surface area (Å²) in [5.41, 5.74) is 2.23. The van der Waals surface area contributed by atoms with Crippen LogP contribution in [0.25, 0.3) is 0 Å². The highest BCUT2D eigenvalue weighted by molar-refractivity contribution is 5.25. The Morgan fingerprint density at radius 2 is 2.14 bits per heavy atom. The minimum atomic E-state index is -0.465. The molecule has 2 unspecified atom stereocenters. The number of aliphatic hydroxyl groups is 1. The number of likely N-dealkylation sites (tertiary alicyclic amines) is 1. The molecule has 0 radical (unpaired) electrons. The van der Waals surface area contributed by atoms with Crippen molar-refractivity contribution in [2.45, 2.75) is 51.2 Å². The molecule has 0 saturated carbocycles. The molecule has 21 heavy (non-hydrogen) atoms. The molecule has 0 aromatic heterocycles. The molecule has 1 aliphatic heterocycles. The van der Waals surface area contributed by atoms with E-state index < -0.39 is 5.60 Å². The molecule has 1 aromatic rings. The quantitative estimate of drug-likeness (QED) is 0.875. The number of benzene rings is 1. The Bertz CT molecular complexity index is 445. The molecule has 0 spiro atoms. The molecular formula is C18H30N2O. The molecule has 3 heteroatoms. The van der Waals surface area contributed by atoms with Crippen molar-refractivity contribution in [1.29, 1.82) is 0 Å². The fraction of sp³-hybridized carbons (Fsp3) is 0.667. The second kappa shape index (κ2) is 7.39. The first-order chi connectivity index (χ1) is 10.00. The Morgan fingerprint density at radius 3 is 2.86 bits per heavy atom. The van der Waals surface area contributed by atoms with Crippen molar-refractivity contribution in [1.82, 2.24) is 10.2 Å². The SMILES string of the molecule is CNC(CCN1CCCC(C)(O)CC1)c1cccc(C)c1. The van der Waals surface area contributed by atoms with Crippen molar-refractivity contribution in [2.75, 3.05) is 26.7 Å². The van der Waals surface area contributed by atoms with Gasteiger partial charge in [0.05, 0.1) is 5.60 Å². The molecule has 2 N–H and O–H groups in total. The zero-order chi connectivity index (χ0) is 15.3. The van der Waals surface area contributed by atoms with Gasteiger partial charge in [-0.15, -0.1) is 0 Å². The summed E-state index contributed by atoms with van der Waals surface area (Å²) < 4.78 is 0. The molecule has 118 valence electrons. The van der Waals surface area contributed by atoms with Crippen molar-refractivity contribution < 1.29 is 5.11 Å². The van der Waals surface area contributed by atoms with Crippen LogP contribution >= 0.6 is 0 Å². The minimum absolute atomic E-state index is 0.411. The van der Waals surface area contributed by atoms with Crippen molar-refractivity contribution in [3.8, 4) is 0 Å².